The Morgan fingerprint density at radius 1 is 1.45 bits per heavy atom. The molecule has 1 aromatic rings. The molecule has 1 fully saturated rings. The van der Waals surface area contributed by atoms with Gasteiger partial charge in [-0.05, 0) is 19.1 Å². The topological polar surface area (TPSA) is 102 Å². The lowest BCUT2D eigenvalue weighted by Crippen LogP contribution is -2.42. The van der Waals surface area contributed by atoms with Crippen LogP contribution in [0.25, 0.3) is 0 Å². The lowest BCUT2D eigenvalue weighted by Gasteiger charge is -2.18. The number of nitrogens with one attached hydrogen (secondary N) is 1. The van der Waals surface area contributed by atoms with Crippen LogP contribution in [0.3, 0.4) is 0 Å². The Morgan fingerprint density at radius 3 is 2.60 bits per heavy atom. The average Bonchev–Trinajstić information content (AvgIpc) is 2.84. The van der Waals surface area contributed by atoms with Gasteiger partial charge in [0, 0.05) is 25.2 Å². The highest BCUT2D eigenvalue weighted by Gasteiger charge is 2.30. The molecule has 1 atom stereocenters. The minimum Gasteiger partial charge on any atom is -0.481 e. The standard InChI is InChI=1S/C12H13N3O5/c1-8(11(16)14-7-6-13-12(14)17)20-10-4-2-9(3-5-10)15(18)19/h2-5,8H,6-7H2,1H3,(H,13,17)/t8-/m0/s1. The number of hydrogen-bond acceptors (Lipinski definition) is 5. The maximum atomic E-state index is 12.0. The first kappa shape index (κ1) is 13.8. The van der Waals surface area contributed by atoms with E-state index in [2.05, 4.69) is 5.32 Å². The van der Waals surface area contributed by atoms with E-state index < -0.39 is 23.0 Å². The number of nitro benzene ring substituents is 1. The summed E-state index contributed by atoms with van der Waals surface area (Å²) in [6, 6.07) is 4.96. The summed E-state index contributed by atoms with van der Waals surface area (Å²) in [5, 5.41) is 13.0. The molecule has 0 aromatic heterocycles. The van der Waals surface area contributed by atoms with Crippen molar-refractivity contribution < 1.29 is 19.2 Å². The molecule has 0 spiro atoms. The molecule has 2 rings (SSSR count). The summed E-state index contributed by atoms with van der Waals surface area (Å²) in [5.74, 6) is -0.116. The zero-order chi connectivity index (χ0) is 14.7. The van der Waals surface area contributed by atoms with E-state index >= 15 is 0 Å². The van der Waals surface area contributed by atoms with Crippen LogP contribution in [-0.2, 0) is 4.79 Å². The van der Waals surface area contributed by atoms with E-state index in [1.807, 2.05) is 0 Å². The number of urea groups is 1. The molecule has 0 radical (unpaired) electrons. The number of nitro groups is 1. The number of benzene rings is 1. The van der Waals surface area contributed by atoms with Crippen molar-refractivity contribution in [1.82, 2.24) is 10.2 Å². The molecule has 0 aliphatic carbocycles. The van der Waals surface area contributed by atoms with Gasteiger partial charge in [0.05, 0.1) is 4.92 Å². The third kappa shape index (κ3) is 2.85. The van der Waals surface area contributed by atoms with Crippen LogP contribution >= 0.6 is 0 Å². The van der Waals surface area contributed by atoms with Gasteiger partial charge in [-0.3, -0.25) is 19.8 Å². The quantitative estimate of drug-likeness (QED) is 0.652. The number of amides is 3. The first-order valence-corrected chi connectivity index (χ1v) is 5.99. The van der Waals surface area contributed by atoms with Gasteiger partial charge in [-0.2, -0.15) is 0 Å². The van der Waals surface area contributed by atoms with Gasteiger partial charge < -0.3 is 10.1 Å². The van der Waals surface area contributed by atoms with Gasteiger partial charge in [-0.25, -0.2) is 4.79 Å². The molecule has 1 aromatic carbocycles. The van der Waals surface area contributed by atoms with E-state index in [1.54, 1.807) is 0 Å². The third-order valence-electron chi connectivity index (χ3n) is 2.83. The first-order chi connectivity index (χ1) is 9.49. The number of carbonyl (C=O) groups is 2. The van der Waals surface area contributed by atoms with Gasteiger partial charge >= 0.3 is 6.03 Å². The summed E-state index contributed by atoms with van der Waals surface area (Å²) in [5.41, 5.74) is -0.0600. The molecule has 1 saturated heterocycles. The van der Waals surface area contributed by atoms with Crippen LogP contribution in [-0.4, -0.2) is 41.0 Å². The Labute approximate surface area is 114 Å². The smallest absolute Gasteiger partial charge is 0.324 e. The molecule has 8 heteroatoms. The van der Waals surface area contributed by atoms with Gasteiger partial charge in [0.15, 0.2) is 6.10 Å². The minimum absolute atomic E-state index is 0.0600. The highest BCUT2D eigenvalue weighted by molar-refractivity contribution is 5.97. The maximum absolute atomic E-state index is 12.0. The molecule has 20 heavy (non-hydrogen) atoms. The van der Waals surface area contributed by atoms with E-state index in [1.165, 1.54) is 31.2 Å². The molecular weight excluding hydrogens is 266 g/mol. The maximum Gasteiger partial charge on any atom is 0.324 e. The summed E-state index contributed by atoms with van der Waals surface area (Å²) in [6.45, 7) is 2.26. The van der Waals surface area contributed by atoms with E-state index in [9.17, 15) is 19.7 Å². The van der Waals surface area contributed by atoms with Gasteiger partial charge in [0.2, 0.25) is 0 Å². The van der Waals surface area contributed by atoms with E-state index in [0.717, 1.165) is 4.90 Å². The normalized spacial score (nSPS) is 15.7. The zero-order valence-electron chi connectivity index (χ0n) is 10.7. The number of non-ortho nitro benzene ring substituents is 1. The Balaban J connectivity index is 2.00. The third-order valence-corrected chi connectivity index (χ3v) is 2.83. The van der Waals surface area contributed by atoms with Crippen molar-refractivity contribution in [2.45, 2.75) is 13.0 Å². The van der Waals surface area contributed by atoms with Crippen LogP contribution < -0.4 is 10.1 Å². The molecule has 0 unspecified atom stereocenters. The van der Waals surface area contributed by atoms with Crippen molar-refractivity contribution in [3.63, 3.8) is 0 Å². The fraction of sp³-hybridized carbons (Fsp3) is 0.333. The number of imide groups is 1. The van der Waals surface area contributed by atoms with Crippen molar-refractivity contribution >= 4 is 17.6 Å². The van der Waals surface area contributed by atoms with Crippen molar-refractivity contribution in [2.24, 2.45) is 0 Å². The second-order valence-corrected chi connectivity index (χ2v) is 4.23. The Morgan fingerprint density at radius 2 is 2.10 bits per heavy atom. The first-order valence-electron chi connectivity index (χ1n) is 5.99. The largest absolute Gasteiger partial charge is 0.481 e. The zero-order valence-corrected chi connectivity index (χ0v) is 10.7. The van der Waals surface area contributed by atoms with Crippen LogP contribution in [0.15, 0.2) is 24.3 Å². The highest BCUT2D eigenvalue weighted by atomic mass is 16.6. The average molecular weight is 279 g/mol. The monoisotopic (exact) mass is 279 g/mol. The summed E-state index contributed by atoms with van der Waals surface area (Å²) in [6.07, 6.45) is -0.847. The summed E-state index contributed by atoms with van der Waals surface area (Å²) >= 11 is 0. The highest BCUT2D eigenvalue weighted by Crippen LogP contribution is 2.19. The molecule has 106 valence electrons. The summed E-state index contributed by atoms with van der Waals surface area (Å²) in [7, 11) is 0. The Bertz CT molecular complexity index is 543. The predicted octanol–water partition coefficient (Wildman–Crippen LogP) is 0.914. The predicted molar refractivity (Wildman–Crippen MR) is 68.3 cm³/mol. The van der Waals surface area contributed by atoms with Gasteiger partial charge in [0.1, 0.15) is 5.75 Å². The van der Waals surface area contributed by atoms with E-state index in [4.69, 9.17) is 4.74 Å². The molecule has 8 nitrogen and oxygen atoms in total. The number of hydrogen-bond donors (Lipinski definition) is 1. The fourth-order valence-corrected chi connectivity index (χ4v) is 1.80. The van der Waals surface area contributed by atoms with Crippen LogP contribution in [0.4, 0.5) is 10.5 Å². The van der Waals surface area contributed by atoms with E-state index in [0.29, 0.717) is 18.8 Å². The summed E-state index contributed by atoms with van der Waals surface area (Å²) in [4.78, 5) is 34.4. The summed E-state index contributed by atoms with van der Waals surface area (Å²) < 4.78 is 5.38. The van der Waals surface area contributed by atoms with Crippen LogP contribution in [0.1, 0.15) is 6.92 Å². The minimum atomic E-state index is -0.847. The fourth-order valence-electron chi connectivity index (χ4n) is 1.80. The Hall–Kier alpha value is -2.64. The number of carbonyl (C=O) groups excluding carboxylic acids is 2. The van der Waals surface area contributed by atoms with Crippen molar-refractivity contribution in [2.75, 3.05) is 13.1 Å². The van der Waals surface area contributed by atoms with Crippen molar-refractivity contribution in [1.29, 1.82) is 0 Å². The Kier molecular flexibility index (Phi) is 3.83. The molecule has 0 saturated carbocycles. The van der Waals surface area contributed by atoms with Crippen molar-refractivity contribution in [3.8, 4) is 5.75 Å². The van der Waals surface area contributed by atoms with Crippen LogP contribution in [0, 0.1) is 10.1 Å². The lowest BCUT2D eigenvalue weighted by molar-refractivity contribution is -0.384. The molecular formula is C12H13N3O5. The number of ether oxygens (including phenoxy) is 1. The second kappa shape index (κ2) is 5.55. The SMILES string of the molecule is C[C@H](Oc1ccc([N+](=O)[O-])cc1)C(=O)N1CCNC1=O. The van der Waals surface area contributed by atoms with Gasteiger partial charge in [-0.1, -0.05) is 0 Å². The number of rotatable bonds is 4. The van der Waals surface area contributed by atoms with Crippen LogP contribution in [0.2, 0.25) is 0 Å². The lowest BCUT2D eigenvalue weighted by atomic mass is 10.3. The molecule has 1 N–H and O–H groups in total. The van der Waals surface area contributed by atoms with Crippen LogP contribution in [0.5, 0.6) is 5.75 Å². The van der Waals surface area contributed by atoms with Crippen molar-refractivity contribution in [3.05, 3.63) is 34.4 Å². The molecule has 1 heterocycles. The number of nitrogens with zero attached hydrogens (tertiary/aromatic N) is 2. The molecule has 1 aliphatic heterocycles. The molecule has 0 bridgehead atoms. The van der Waals surface area contributed by atoms with E-state index in [-0.39, 0.29) is 5.69 Å². The molecule has 3 amide bonds. The van der Waals surface area contributed by atoms with Gasteiger partial charge in [-0.15, -0.1) is 0 Å². The van der Waals surface area contributed by atoms with Gasteiger partial charge in [0.25, 0.3) is 11.6 Å². The second-order valence-electron chi connectivity index (χ2n) is 4.23. The molecule has 1 aliphatic rings.